The summed E-state index contributed by atoms with van der Waals surface area (Å²) in [7, 11) is 0. The molecule has 2 fully saturated rings. The third-order valence-corrected chi connectivity index (χ3v) is 3.11. The monoisotopic (exact) mass is 175 g/mol. The Morgan fingerprint density at radius 2 is 2.33 bits per heavy atom. The zero-order valence-corrected chi connectivity index (χ0v) is 7.07. The maximum atomic E-state index is 13.4. The molecule has 3 nitrogen and oxygen atoms in total. The quantitative estimate of drug-likeness (QED) is 0.557. The predicted molar refractivity (Wildman–Crippen MR) is 41.5 cm³/mol. The van der Waals surface area contributed by atoms with Crippen LogP contribution < -0.4 is 0 Å². The Kier molecular flexibility index (Phi) is 1.68. The number of β-amino-alcohol motifs (C(OH)–C–C–N with tert-alkyl or cyclic N) is 1. The van der Waals surface area contributed by atoms with Crippen molar-refractivity contribution in [1.29, 1.82) is 0 Å². The number of halogens is 1. The molecule has 2 aliphatic rings. The van der Waals surface area contributed by atoms with E-state index in [0.29, 0.717) is 19.5 Å². The molecule has 0 aromatic heterocycles. The minimum Gasteiger partial charge on any atom is -0.389 e. The van der Waals surface area contributed by atoms with E-state index in [1.807, 2.05) is 4.90 Å². The van der Waals surface area contributed by atoms with E-state index in [9.17, 15) is 14.6 Å². The lowest BCUT2D eigenvalue weighted by Crippen LogP contribution is -2.42. The molecule has 2 aliphatic heterocycles. The van der Waals surface area contributed by atoms with Gasteiger partial charge in [0.25, 0.3) is 0 Å². The molecule has 0 bridgehead atoms. The average molecular weight is 175 g/mol. The number of hydrogen-bond acceptors (Lipinski definition) is 3. The van der Waals surface area contributed by atoms with Crippen molar-refractivity contribution in [3.8, 4) is 0 Å². The normalized spacial score (nSPS) is 53.5. The summed E-state index contributed by atoms with van der Waals surface area (Å²) in [5.41, 5.74) is -0.728. The molecule has 1 unspecified atom stereocenters. The van der Waals surface area contributed by atoms with Crippen molar-refractivity contribution >= 4 is 0 Å². The highest BCUT2D eigenvalue weighted by Gasteiger charge is 2.68. The number of piperidine rings is 1. The molecule has 0 radical (unpaired) electrons. The number of aliphatic hydroxyl groups excluding tert-OH is 2. The molecule has 0 aromatic carbocycles. The van der Waals surface area contributed by atoms with Crippen LogP contribution in [-0.2, 0) is 0 Å². The van der Waals surface area contributed by atoms with Crippen molar-refractivity contribution < 1.29 is 14.6 Å². The van der Waals surface area contributed by atoms with Crippen LogP contribution in [0.3, 0.4) is 0 Å². The van der Waals surface area contributed by atoms with Gasteiger partial charge in [0.2, 0.25) is 0 Å². The van der Waals surface area contributed by atoms with Crippen molar-refractivity contribution in [3.05, 3.63) is 0 Å². The number of aliphatic hydroxyl groups is 2. The molecule has 4 heteroatoms. The van der Waals surface area contributed by atoms with E-state index < -0.39 is 23.9 Å². The third kappa shape index (κ3) is 0.802. The first-order valence-corrected chi connectivity index (χ1v) is 4.38. The highest BCUT2D eigenvalue weighted by Crippen LogP contribution is 2.47. The van der Waals surface area contributed by atoms with Crippen molar-refractivity contribution in [1.82, 2.24) is 4.90 Å². The van der Waals surface area contributed by atoms with Crippen LogP contribution in [0.1, 0.15) is 13.3 Å². The molecule has 5 atom stereocenters. The zero-order chi connectivity index (χ0) is 8.93. The summed E-state index contributed by atoms with van der Waals surface area (Å²) in [6, 6.07) is 0. The Labute approximate surface area is 70.8 Å². The van der Waals surface area contributed by atoms with Gasteiger partial charge in [-0.15, -0.1) is 0 Å². The molecule has 0 aromatic rings. The van der Waals surface area contributed by atoms with Crippen LogP contribution in [0, 0.1) is 0 Å². The van der Waals surface area contributed by atoms with Crippen LogP contribution >= 0.6 is 0 Å². The van der Waals surface area contributed by atoms with Gasteiger partial charge in [-0.05, 0) is 6.42 Å². The van der Waals surface area contributed by atoms with Crippen molar-refractivity contribution in [2.45, 2.75) is 37.3 Å². The van der Waals surface area contributed by atoms with E-state index in [1.165, 1.54) is 0 Å². The molecule has 2 N–H and O–H groups in total. The second kappa shape index (κ2) is 2.40. The van der Waals surface area contributed by atoms with E-state index >= 15 is 0 Å². The molecule has 12 heavy (non-hydrogen) atoms. The van der Waals surface area contributed by atoms with Gasteiger partial charge in [0.05, 0.1) is 11.6 Å². The van der Waals surface area contributed by atoms with Gasteiger partial charge in [-0.2, -0.15) is 0 Å². The lowest BCUT2D eigenvalue weighted by molar-refractivity contribution is 0.00619. The third-order valence-electron chi connectivity index (χ3n) is 3.11. The minimum absolute atomic E-state index is 0.403. The molecule has 2 saturated heterocycles. The second-order valence-corrected chi connectivity index (χ2v) is 3.76. The summed E-state index contributed by atoms with van der Waals surface area (Å²) in [5.74, 6) is 0. The van der Waals surface area contributed by atoms with E-state index in [-0.39, 0.29) is 0 Å². The smallest absolute Gasteiger partial charge is 0.122 e. The Balaban J connectivity index is 2.14. The highest BCUT2D eigenvalue weighted by atomic mass is 19.1. The largest absolute Gasteiger partial charge is 0.389 e. The molecule has 0 saturated carbocycles. The molecule has 0 aliphatic carbocycles. The van der Waals surface area contributed by atoms with E-state index in [4.69, 9.17) is 0 Å². The maximum Gasteiger partial charge on any atom is 0.122 e. The number of rotatable bonds is 2. The van der Waals surface area contributed by atoms with Gasteiger partial charge in [0.1, 0.15) is 12.3 Å². The van der Waals surface area contributed by atoms with Crippen LogP contribution in [0.25, 0.3) is 0 Å². The lowest BCUT2D eigenvalue weighted by Gasteiger charge is -2.21. The van der Waals surface area contributed by atoms with E-state index in [0.717, 1.165) is 0 Å². The van der Waals surface area contributed by atoms with Crippen LogP contribution in [0.2, 0.25) is 0 Å². The lowest BCUT2D eigenvalue weighted by atomic mass is 9.94. The predicted octanol–water partition coefficient (Wildman–Crippen LogP) is -0.476. The summed E-state index contributed by atoms with van der Waals surface area (Å²) in [4.78, 5) is 1.82. The molecule has 2 heterocycles. The van der Waals surface area contributed by atoms with Gasteiger partial charge < -0.3 is 10.2 Å². The molecule has 2 rings (SSSR count). The first kappa shape index (κ1) is 8.41. The highest BCUT2D eigenvalue weighted by molar-refractivity contribution is 5.23. The van der Waals surface area contributed by atoms with Gasteiger partial charge in [0, 0.05) is 13.1 Å². The zero-order valence-electron chi connectivity index (χ0n) is 7.07. The van der Waals surface area contributed by atoms with Crippen molar-refractivity contribution in [2.75, 3.05) is 13.1 Å². The van der Waals surface area contributed by atoms with Gasteiger partial charge in [0.15, 0.2) is 0 Å². The van der Waals surface area contributed by atoms with Gasteiger partial charge in [-0.3, -0.25) is 4.90 Å². The van der Waals surface area contributed by atoms with E-state index in [1.54, 1.807) is 6.92 Å². The Morgan fingerprint density at radius 1 is 1.67 bits per heavy atom. The Hall–Kier alpha value is -0.190. The SMILES string of the molecule is CC[C@@H](F)[C@]12CN1C[C@@H](O)[C@@H]2O. The molecule has 70 valence electrons. The van der Waals surface area contributed by atoms with Gasteiger partial charge >= 0.3 is 0 Å². The first-order chi connectivity index (χ1) is 5.63. The fourth-order valence-corrected chi connectivity index (χ4v) is 2.28. The average Bonchev–Trinajstić information content (AvgIpc) is 2.72. The fourth-order valence-electron chi connectivity index (χ4n) is 2.28. The van der Waals surface area contributed by atoms with Gasteiger partial charge in [-0.1, -0.05) is 6.92 Å². The summed E-state index contributed by atoms with van der Waals surface area (Å²) in [6.45, 7) is 2.77. The summed E-state index contributed by atoms with van der Waals surface area (Å²) in [6.07, 6.45) is -2.26. The van der Waals surface area contributed by atoms with Crippen LogP contribution in [0.15, 0.2) is 0 Å². The van der Waals surface area contributed by atoms with Gasteiger partial charge in [-0.25, -0.2) is 4.39 Å². The summed E-state index contributed by atoms with van der Waals surface area (Å²) in [5, 5.41) is 18.8. The standard InChI is InChI=1S/C8H14FNO2/c1-2-6(9)8-4-10(8)3-5(11)7(8)12/h5-7,11-12H,2-4H2,1H3/t5-,6-,7+,8+,10?/m1/s1. The summed E-state index contributed by atoms with van der Waals surface area (Å²) < 4.78 is 13.4. The first-order valence-electron chi connectivity index (χ1n) is 4.38. The molecule has 0 spiro atoms. The number of alkyl halides is 1. The van der Waals surface area contributed by atoms with Crippen LogP contribution in [0.5, 0.6) is 0 Å². The molecule has 0 amide bonds. The maximum absolute atomic E-state index is 13.4. The molecular weight excluding hydrogens is 161 g/mol. The summed E-state index contributed by atoms with van der Waals surface area (Å²) >= 11 is 0. The number of hydrogen-bond donors (Lipinski definition) is 2. The van der Waals surface area contributed by atoms with Crippen molar-refractivity contribution in [2.24, 2.45) is 0 Å². The minimum atomic E-state index is -1.01. The number of fused-ring (bicyclic) bond motifs is 1. The fraction of sp³-hybridized carbons (Fsp3) is 1.00. The van der Waals surface area contributed by atoms with E-state index in [2.05, 4.69) is 0 Å². The number of nitrogens with zero attached hydrogens (tertiary/aromatic N) is 1. The second-order valence-electron chi connectivity index (χ2n) is 3.76. The topological polar surface area (TPSA) is 43.5 Å². The van der Waals surface area contributed by atoms with Crippen molar-refractivity contribution in [3.63, 3.8) is 0 Å². The van der Waals surface area contributed by atoms with Crippen LogP contribution in [-0.4, -0.2) is 52.1 Å². The Bertz CT molecular complexity index is 201. The van der Waals surface area contributed by atoms with Crippen LogP contribution in [0.4, 0.5) is 4.39 Å². The Morgan fingerprint density at radius 3 is 2.75 bits per heavy atom. The molecular formula is C8H14FNO2.